The highest BCUT2D eigenvalue weighted by atomic mass is 16.3. The van der Waals surface area contributed by atoms with Crippen molar-refractivity contribution in [3.05, 3.63) is 71.3 Å². The Morgan fingerprint density at radius 2 is 1.15 bits per heavy atom. The Bertz CT molecular complexity index is 674. The van der Waals surface area contributed by atoms with Crippen molar-refractivity contribution < 1.29 is 5.11 Å². The quantitative estimate of drug-likeness (QED) is 0.634. The third kappa shape index (κ3) is 5.02. The summed E-state index contributed by atoms with van der Waals surface area (Å²) in [5.41, 5.74) is 4.53. The van der Waals surface area contributed by atoms with E-state index in [4.69, 9.17) is 0 Å². The average Bonchev–Trinajstić information content (AvgIpc) is 2.74. The van der Waals surface area contributed by atoms with Crippen LogP contribution in [0.3, 0.4) is 0 Å². The Labute approximate surface area is 164 Å². The summed E-state index contributed by atoms with van der Waals surface area (Å²) in [6.07, 6.45) is 12.3. The zero-order chi connectivity index (χ0) is 18.5. The maximum absolute atomic E-state index is 9.71. The third-order valence-corrected chi connectivity index (χ3v) is 7.11. The minimum absolute atomic E-state index is 0.0578. The van der Waals surface area contributed by atoms with Gasteiger partial charge in [-0.3, -0.25) is 0 Å². The number of hydrogen-bond donors (Lipinski definition) is 1. The minimum Gasteiger partial charge on any atom is -0.393 e. The highest BCUT2D eigenvalue weighted by Gasteiger charge is 2.24. The van der Waals surface area contributed by atoms with Gasteiger partial charge < -0.3 is 5.11 Å². The molecule has 0 aliphatic heterocycles. The van der Waals surface area contributed by atoms with Gasteiger partial charge in [0.2, 0.25) is 0 Å². The molecule has 4 rings (SSSR count). The number of benzene rings is 2. The molecule has 0 heterocycles. The molecule has 2 aromatic rings. The number of aliphatic hydroxyl groups excluding tert-OH is 1. The van der Waals surface area contributed by atoms with E-state index in [-0.39, 0.29) is 6.10 Å². The molecule has 0 atom stereocenters. The van der Waals surface area contributed by atoms with E-state index >= 15 is 0 Å². The summed E-state index contributed by atoms with van der Waals surface area (Å²) in [4.78, 5) is 0. The molecule has 0 radical (unpaired) electrons. The van der Waals surface area contributed by atoms with Gasteiger partial charge >= 0.3 is 0 Å². The first-order chi connectivity index (χ1) is 13.3. The lowest BCUT2D eigenvalue weighted by atomic mass is 9.76. The molecule has 144 valence electrons. The van der Waals surface area contributed by atoms with E-state index in [9.17, 15) is 5.11 Å². The van der Waals surface area contributed by atoms with E-state index < -0.39 is 0 Å². The second-order valence-electron chi connectivity index (χ2n) is 8.91. The molecule has 2 aliphatic rings. The van der Waals surface area contributed by atoms with Gasteiger partial charge in [0.05, 0.1) is 6.10 Å². The lowest BCUT2D eigenvalue weighted by Gasteiger charge is -2.29. The second kappa shape index (κ2) is 9.06. The molecule has 1 N–H and O–H groups in total. The molecule has 1 nitrogen and oxygen atoms in total. The molecule has 1 heteroatoms. The maximum Gasteiger partial charge on any atom is 0.0540 e. The summed E-state index contributed by atoms with van der Waals surface area (Å²) in [5, 5.41) is 9.71. The van der Waals surface area contributed by atoms with E-state index in [1.165, 1.54) is 49.7 Å². The maximum atomic E-state index is 9.71. The fourth-order valence-corrected chi connectivity index (χ4v) is 5.25. The van der Waals surface area contributed by atoms with Crippen LogP contribution in [-0.4, -0.2) is 11.2 Å². The monoisotopic (exact) mass is 362 g/mol. The van der Waals surface area contributed by atoms with E-state index in [2.05, 4.69) is 54.6 Å². The van der Waals surface area contributed by atoms with Crippen molar-refractivity contribution in [1.29, 1.82) is 0 Å². The largest absolute Gasteiger partial charge is 0.393 e. The van der Waals surface area contributed by atoms with Crippen molar-refractivity contribution in [2.75, 3.05) is 0 Å². The van der Waals surface area contributed by atoms with Crippen molar-refractivity contribution >= 4 is 0 Å². The van der Waals surface area contributed by atoms with Crippen molar-refractivity contribution in [3.63, 3.8) is 0 Å². The molecule has 2 aromatic carbocycles. The lowest BCUT2D eigenvalue weighted by Crippen LogP contribution is -2.17. The standard InChI is InChI=1S/C26H34O/c27-26-18-16-25(17-19-26)24-14-12-23(13-15-24)22-10-8-21(9-11-22)7-6-20-4-2-1-3-5-20/h1-5,12-15,21-22,25-27H,6-11,16-19H2. The summed E-state index contributed by atoms with van der Waals surface area (Å²) in [6, 6.07) is 20.5. The van der Waals surface area contributed by atoms with E-state index in [0.717, 1.165) is 37.5 Å². The molecule has 2 saturated carbocycles. The molecule has 0 spiro atoms. The fraction of sp³-hybridized carbons (Fsp3) is 0.538. The van der Waals surface area contributed by atoms with Crippen LogP contribution >= 0.6 is 0 Å². The number of rotatable bonds is 5. The Kier molecular flexibility index (Phi) is 6.29. The van der Waals surface area contributed by atoms with Crippen molar-refractivity contribution in [2.24, 2.45) is 5.92 Å². The third-order valence-electron chi connectivity index (χ3n) is 7.11. The normalized spacial score (nSPS) is 28.8. The minimum atomic E-state index is -0.0578. The molecule has 0 saturated heterocycles. The Morgan fingerprint density at radius 3 is 1.70 bits per heavy atom. The van der Waals surface area contributed by atoms with Crippen LogP contribution in [0.4, 0.5) is 0 Å². The molecule has 2 fully saturated rings. The highest BCUT2D eigenvalue weighted by molar-refractivity contribution is 5.28. The summed E-state index contributed by atoms with van der Waals surface area (Å²) in [7, 11) is 0. The van der Waals surface area contributed by atoms with Gasteiger partial charge in [-0.25, -0.2) is 0 Å². The summed E-state index contributed by atoms with van der Waals surface area (Å²) < 4.78 is 0. The van der Waals surface area contributed by atoms with Crippen LogP contribution in [0.15, 0.2) is 54.6 Å². The van der Waals surface area contributed by atoms with Crippen molar-refractivity contribution in [3.8, 4) is 0 Å². The summed E-state index contributed by atoms with van der Waals surface area (Å²) >= 11 is 0. The van der Waals surface area contributed by atoms with Crippen LogP contribution in [0, 0.1) is 5.92 Å². The molecule has 0 bridgehead atoms. The Hall–Kier alpha value is -1.60. The van der Waals surface area contributed by atoms with E-state index in [0.29, 0.717) is 5.92 Å². The Balaban J connectivity index is 1.25. The van der Waals surface area contributed by atoms with Gasteiger partial charge in [0, 0.05) is 0 Å². The molecule has 27 heavy (non-hydrogen) atoms. The zero-order valence-corrected chi connectivity index (χ0v) is 16.5. The summed E-state index contributed by atoms with van der Waals surface area (Å²) in [6.45, 7) is 0. The average molecular weight is 363 g/mol. The van der Waals surface area contributed by atoms with E-state index in [1.807, 2.05) is 0 Å². The lowest BCUT2D eigenvalue weighted by molar-refractivity contribution is 0.122. The first-order valence-corrected chi connectivity index (χ1v) is 11.1. The molecule has 0 unspecified atom stereocenters. The van der Waals surface area contributed by atoms with Gasteiger partial charge in [0.15, 0.2) is 0 Å². The molecular formula is C26H34O. The number of aryl methyl sites for hydroxylation is 1. The fourth-order valence-electron chi connectivity index (χ4n) is 5.25. The van der Waals surface area contributed by atoms with Gasteiger partial charge in [-0.15, -0.1) is 0 Å². The zero-order valence-electron chi connectivity index (χ0n) is 16.5. The predicted molar refractivity (Wildman–Crippen MR) is 113 cm³/mol. The van der Waals surface area contributed by atoms with Crippen LogP contribution in [0.25, 0.3) is 0 Å². The SMILES string of the molecule is OC1CCC(c2ccc(C3CCC(CCc4ccccc4)CC3)cc2)CC1. The molecular weight excluding hydrogens is 328 g/mol. The van der Waals surface area contributed by atoms with Gasteiger partial charge in [-0.1, -0.05) is 54.6 Å². The van der Waals surface area contributed by atoms with Gasteiger partial charge in [-0.2, -0.15) is 0 Å². The first kappa shape index (κ1) is 18.7. The topological polar surface area (TPSA) is 20.2 Å². The smallest absolute Gasteiger partial charge is 0.0540 e. The molecule has 0 aromatic heterocycles. The van der Waals surface area contributed by atoms with Crippen LogP contribution < -0.4 is 0 Å². The van der Waals surface area contributed by atoms with Gasteiger partial charge in [-0.05, 0) is 98.7 Å². The molecule has 2 aliphatic carbocycles. The van der Waals surface area contributed by atoms with Crippen LogP contribution in [-0.2, 0) is 6.42 Å². The van der Waals surface area contributed by atoms with Crippen LogP contribution in [0.1, 0.15) is 86.3 Å². The van der Waals surface area contributed by atoms with Crippen LogP contribution in [0.5, 0.6) is 0 Å². The van der Waals surface area contributed by atoms with E-state index in [1.54, 1.807) is 5.56 Å². The Morgan fingerprint density at radius 1 is 0.630 bits per heavy atom. The van der Waals surface area contributed by atoms with Crippen molar-refractivity contribution in [1.82, 2.24) is 0 Å². The second-order valence-corrected chi connectivity index (χ2v) is 8.91. The van der Waals surface area contributed by atoms with Crippen molar-refractivity contribution in [2.45, 2.75) is 82.1 Å². The molecule has 0 amide bonds. The highest BCUT2D eigenvalue weighted by Crippen LogP contribution is 2.39. The number of aliphatic hydroxyl groups is 1. The van der Waals surface area contributed by atoms with Gasteiger partial charge in [0.25, 0.3) is 0 Å². The number of hydrogen-bond acceptors (Lipinski definition) is 1. The summed E-state index contributed by atoms with van der Waals surface area (Å²) in [5.74, 6) is 2.34. The first-order valence-electron chi connectivity index (χ1n) is 11.1. The van der Waals surface area contributed by atoms with Gasteiger partial charge in [0.1, 0.15) is 0 Å². The van der Waals surface area contributed by atoms with Crippen LogP contribution in [0.2, 0.25) is 0 Å². The predicted octanol–water partition coefficient (Wildman–Crippen LogP) is 6.61.